The topological polar surface area (TPSA) is 19.1 Å². The normalized spacial score (nSPS) is 15.0. The lowest BCUT2D eigenvalue weighted by Crippen LogP contribution is -2.76. The van der Waals surface area contributed by atoms with Gasteiger partial charge in [0.15, 0.2) is 13.8 Å². The summed E-state index contributed by atoms with van der Waals surface area (Å²) in [6, 6.07) is 75.8. The van der Waals surface area contributed by atoms with E-state index < -0.39 is 8.07 Å². The summed E-state index contributed by atoms with van der Waals surface area (Å²) in [4.78, 5) is 0. The second-order valence-electron chi connectivity index (χ2n) is 14.8. The van der Waals surface area contributed by atoms with Gasteiger partial charge in [-0.2, -0.15) is 0 Å². The molecular weight excluding hydrogens is 697 g/mol. The van der Waals surface area contributed by atoms with Crippen LogP contribution in [0, 0.1) is 0 Å². The molecule has 0 saturated carbocycles. The Morgan fingerprint density at radius 1 is 0.339 bits per heavy atom. The number of hydrogen-bond donors (Lipinski definition) is 0. The average molecular weight is 731 g/mol. The first-order valence-corrected chi connectivity index (χ1v) is 21.3. The summed E-state index contributed by atoms with van der Waals surface area (Å²) in [6.07, 6.45) is 0. The van der Waals surface area contributed by atoms with Gasteiger partial charge in [0.05, 0.1) is 27.8 Å². The summed E-state index contributed by atoms with van der Waals surface area (Å²) >= 11 is 0. The molecule has 0 bridgehead atoms. The third kappa shape index (κ3) is 4.22. The van der Waals surface area contributed by atoms with Crippen LogP contribution in [0.25, 0.3) is 65.8 Å². The molecule has 3 heterocycles. The predicted octanol–water partition coefficient (Wildman–Crippen LogP) is 10.5. The van der Waals surface area contributed by atoms with E-state index >= 15 is 0 Å². The SMILES string of the molecule is c1ccc2c(c1)Oc1c(-n3c4ccccc4c4ccccc43)cccc1[Si]2(c1ccc(-n2c3ccccc3c3ccccc32)cc1)c1cccc2ccccc12. The number of benzene rings is 9. The van der Waals surface area contributed by atoms with Gasteiger partial charge in [0.25, 0.3) is 0 Å². The first-order chi connectivity index (χ1) is 27.8. The molecule has 1 aliphatic heterocycles. The fraction of sp³-hybridized carbons (Fsp3) is 0. The quantitative estimate of drug-likeness (QED) is 0.165. The van der Waals surface area contributed by atoms with Gasteiger partial charge in [0.1, 0.15) is 5.75 Å². The molecule has 0 radical (unpaired) electrons. The van der Waals surface area contributed by atoms with Gasteiger partial charge in [0.2, 0.25) is 0 Å². The predicted molar refractivity (Wildman–Crippen MR) is 236 cm³/mol. The molecule has 262 valence electrons. The number of fused-ring (bicyclic) bond motifs is 9. The van der Waals surface area contributed by atoms with E-state index in [9.17, 15) is 0 Å². The monoisotopic (exact) mass is 730 g/mol. The summed E-state index contributed by atoms with van der Waals surface area (Å²) in [7, 11) is -3.08. The third-order valence-corrected chi connectivity index (χ3v) is 16.9. The molecule has 11 aromatic rings. The van der Waals surface area contributed by atoms with Crippen LogP contribution in [0.4, 0.5) is 0 Å². The zero-order valence-corrected chi connectivity index (χ0v) is 31.4. The minimum Gasteiger partial charge on any atom is -0.455 e. The highest BCUT2D eigenvalue weighted by molar-refractivity contribution is 7.21. The van der Waals surface area contributed by atoms with Crippen LogP contribution in [0.2, 0.25) is 0 Å². The van der Waals surface area contributed by atoms with Gasteiger partial charge in [-0.1, -0.05) is 158 Å². The molecule has 0 spiro atoms. The molecule has 1 unspecified atom stereocenters. The fourth-order valence-corrected chi connectivity index (χ4v) is 14.9. The van der Waals surface area contributed by atoms with Gasteiger partial charge >= 0.3 is 0 Å². The molecular formula is C52H34N2OSi. The first-order valence-electron chi connectivity index (χ1n) is 19.3. The zero-order valence-electron chi connectivity index (χ0n) is 30.4. The van der Waals surface area contributed by atoms with E-state index in [-0.39, 0.29) is 0 Å². The molecule has 0 fully saturated rings. The van der Waals surface area contributed by atoms with E-state index in [0.717, 1.165) is 33.9 Å². The average Bonchev–Trinajstić information content (AvgIpc) is 3.78. The number of rotatable bonds is 4. The Bertz CT molecular complexity index is 3240. The standard InChI is InChI=1S/C52H34N2OSi/c1-2-17-38-35(15-1)16-13-29-49(38)56(37-33-31-36(32-34-37)53-43-22-7-3-18-39(43)40-19-4-8-23-44(40)53)50-28-12-11-27-48(50)55-52-47(26-14-30-51(52)56)54-45-24-9-5-20-41(45)42-21-6-10-25-46(42)54/h1-34H. The molecule has 0 saturated heterocycles. The molecule has 4 heteroatoms. The highest BCUT2D eigenvalue weighted by atomic mass is 28.3. The van der Waals surface area contributed by atoms with Gasteiger partial charge in [-0.15, -0.1) is 0 Å². The van der Waals surface area contributed by atoms with E-state index in [1.807, 2.05) is 0 Å². The molecule has 56 heavy (non-hydrogen) atoms. The summed E-state index contributed by atoms with van der Waals surface area (Å²) in [5, 5.41) is 12.7. The van der Waals surface area contributed by atoms with E-state index in [1.165, 1.54) is 64.1 Å². The summed E-state index contributed by atoms with van der Waals surface area (Å²) in [6.45, 7) is 0. The van der Waals surface area contributed by atoms with Crippen LogP contribution >= 0.6 is 0 Å². The van der Waals surface area contributed by atoms with Crippen LogP contribution in [0.1, 0.15) is 0 Å². The van der Waals surface area contributed by atoms with Crippen molar-refractivity contribution in [1.29, 1.82) is 0 Å². The number of para-hydroxylation sites is 6. The van der Waals surface area contributed by atoms with E-state index in [2.05, 4.69) is 215 Å². The largest absolute Gasteiger partial charge is 0.455 e. The van der Waals surface area contributed by atoms with Crippen molar-refractivity contribution in [3.63, 3.8) is 0 Å². The fourth-order valence-electron chi connectivity index (χ4n) is 9.78. The second-order valence-corrected chi connectivity index (χ2v) is 18.5. The summed E-state index contributed by atoms with van der Waals surface area (Å²) in [5.74, 6) is 1.84. The van der Waals surface area contributed by atoms with Crippen molar-refractivity contribution in [2.45, 2.75) is 0 Å². The van der Waals surface area contributed by atoms with Crippen LogP contribution in [0.3, 0.4) is 0 Å². The van der Waals surface area contributed by atoms with Gasteiger partial charge in [0, 0.05) is 27.2 Å². The van der Waals surface area contributed by atoms with Crippen LogP contribution < -0.4 is 25.5 Å². The van der Waals surface area contributed by atoms with Crippen molar-refractivity contribution in [1.82, 2.24) is 9.13 Å². The Hall–Kier alpha value is -7.14. The Labute approximate surface area is 324 Å². The Morgan fingerprint density at radius 2 is 0.804 bits per heavy atom. The van der Waals surface area contributed by atoms with Gasteiger partial charge < -0.3 is 13.9 Å². The maximum atomic E-state index is 7.23. The third-order valence-electron chi connectivity index (χ3n) is 12.1. The molecule has 12 rings (SSSR count). The van der Waals surface area contributed by atoms with Crippen LogP contribution in [0.5, 0.6) is 11.5 Å². The van der Waals surface area contributed by atoms with Crippen molar-refractivity contribution in [3.8, 4) is 22.9 Å². The Balaban J connectivity index is 1.19. The van der Waals surface area contributed by atoms with Crippen molar-refractivity contribution >= 4 is 83.2 Å². The zero-order chi connectivity index (χ0) is 36.8. The number of hydrogen-bond acceptors (Lipinski definition) is 1. The lowest BCUT2D eigenvalue weighted by Gasteiger charge is -2.41. The van der Waals surface area contributed by atoms with Gasteiger partial charge in [-0.3, -0.25) is 0 Å². The highest BCUT2D eigenvalue weighted by Crippen LogP contribution is 2.40. The van der Waals surface area contributed by atoms with Crippen molar-refractivity contribution in [2.75, 3.05) is 0 Å². The minimum atomic E-state index is -3.08. The molecule has 1 atom stereocenters. The summed E-state index contributed by atoms with van der Waals surface area (Å²) in [5.41, 5.74) is 6.94. The van der Waals surface area contributed by atoms with E-state index in [1.54, 1.807) is 0 Å². The van der Waals surface area contributed by atoms with Crippen LogP contribution in [0.15, 0.2) is 206 Å². The Morgan fingerprint density at radius 3 is 1.45 bits per heavy atom. The van der Waals surface area contributed by atoms with Gasteiger partial charge in [-0.05, 0) is 80.1 Å². The molecule has 0 amide bonds. The molecule has 9 aromatic carbocycles. The minimum absolute atomic E-state index is 0.916. The van der Waals surface area contributed by atoms with E-state index in [0.29, 0.717) is 0 Å². The number of aromatic nitrogens is 2. The number of ether oxygens (including phenoxy) is 1. The van der Waals surface area contributed by atoms with E-state index in [4.69, 9.17) is 4.74 Å². The van der Waals surface area contributed by atoms with Gasteiger partial charge in [-0.25, -0.2) is 0 Å². The van der Waals surface area contributed by atoms with Crippen LogP contribution in [-0.2, 0) is 0 Å². The molecule has 3 nitrogen and oxygen atoms in total. The lowest BCUT2D eigenvalue weighted by molar-refractivity contribution is 0.485. The van der Waals surface area contributed by atoms with Crippen molar-refractivity contribution in [3.05, 3.63) is 206 Å². The molecule has 2 aromatic heterocycles. The maximum Gasteiger partial charge on any atom is 0.188 e. The first kappa shape index (κ1) is 31.2. The Kier molecular flexibility index (Phi) is 6.65. The van der Waals surface area contributed by atoms with Crippen molar-refractivity contribution < 1.29 is 4.74 Å². The molecule has 1 aliphatic rings. The lowest BCUT2D eigenvalue weighted by atomic mass is 10.1. The maximum absolute atomic E-state index is 7.23. The molecule has 0 aliphatic carbocycles. The molecule has 0 N–H and O–H groups in total. The van der Waals surface area contributed by atoms with Crippen LogP contribution in [-0.4, -0.2) is 17.2 Å². The smallest absolute Gasteiger partial charge is 0.188 e. The number of nitrogens with zero attached hydrogens (tertiary/aromatic N) is 2. The second kappa shape index (κ2) is 11.9. The summed E-state index contributed by atoms with van der Waals surface area (Å²) < 4.78 is 12.0. The highest BCUT2D eigenvalue weighted by Gasteiger charge is 2.49. The van der Waals surface area contributed by atoms with Crippen molar-refractivity contribution in [2.24, 2.45) is 0 Å².